The third kappa shape index (κ3) is 12.9. The summed E-state index contributed by atoms with van der Waals surface area (Å²) in [7, 11) is 0. The molecule has 0 atom stereocenters. The van der Waals surface area contributed by atoms with Gasteiger partial charge in [0.25, 0.3) is 0 Å². The van der Waals surface area contributed by atoms with Crippen LogP contribution in [0.15, 0.2) is 12.2 Å². The van der Waals surface area contributed by atoms with Crippen LogP contribution >= 0.6 is 0 Å². The minimum Gasteiger partial charge on any atom is -0.0985 e. The molecule has 0 N–H and O–H groups in total. The first-order chi connectivity index (χ1) is 7.91. The van der Waals surface area contributed by atoms with Crippen molar-refractivity contribution in [2.45, 2.75) is 65.2 Å². The van der Waals surface area contributed by atoms with Gasteiger partial charge in [-0.1, -0.05) is 63.2 Å². The zero-order valence-electron chi connectivity index (χ0n) is 10.8. The van der Waals surface area contributed by atoms with E-state index < -0.39 is 0 Å². The van der Waals surface area contributed by atoms with E-state index in [9.17, 15) is 0 Å². The van der Waals surface area contributed by atoms with Crippen molar-refractivity contribution in [1.82, 2.24) is 0 Å². The van der Waals surface area contributed by atoms with Crippen LogP contribution in [-0.2, 0) is 0 Å². The summed E-state index contributed by atoms with van der Waals surface area (Å²) in [5.41, 5.74) is 0. The molecule has 0 spiro atoms. The number of hydrogen-bond acceptors (Lipinski definition) is 0. The van der Waals surface area contributed by atoms with Crippen LogP contribution in [0.25, 0.3) is 0 Å². The lowest BCUT2D eigenvalue weighted by Gasteiger charge is -1.91. The average Bonchev–Trinajstić information content (AvgIpc) is 2.31. The molecule has 0 fully saturated rings. The van der Waals surface area contributed by atoms with Gasteiger partial charge in [-0.3, -0.25) is 0 Å². The van der Waals surface area contributed by atoms with Crippen molar-refractivity contribution in [3.63, 3.8) is 0 Å². The van der Waals surface area contributed by atoms with Crippen molar-refractivity contribution < 1.29 is 0 Å². The maximum Gasteiger partial charge on any atom is 0.00922 e. The highest BCUT2D eigenvalue weighted by atomic mass is 13.9. The minimum atomic E-state index is 1.01. The summed E-state index contributed by atoms with van der Waals surface area (Å²) in [5, 5.41) is 0. The predicted molar refractivity (Wildman–Crippen MR) is 73.0 cm³/mol. The molecule has 0 heterocycles. The van der Waals surface area contributed by atoms with Gasteiger partial charge in [0.15, 0.2) is 0 Å². The molecule has 0 saturated carbocycles. The topological polar surface area (TPSA) is 0 Å². The molecule has 0 unspecified atom stereocenters. The van der Waals surface area contributed by atoms with E-state index in [1.807, 2.05) is 12.2 Å². The monoisotopic (exact) mass is 216 g/mol. The molecule has 0 aliphatic rings. The lowest BCUT2D eigenvalue weighted by molar-refractivity contribution is 0.679. The molecule has 88 valence electrons. The fraction of sp³-hybridized carbons (Fsp3) is 0.625. The standard InChI is InChI=1S/C16H24/c1-3-5-7-9-11-13-15-16-14-12-10-8-6-4-2/h14,16H,3-9,11H2,1-2H3/b16-14+. The molecule has 0 saturated heterocycles. The summed E-state index contributed by atoms with van der Waals surface area (Å²) in [4.78, 5) is 0. The van der Waals surface area contributed by atoms with E-state index in [0.717, 1.165) is 12.8 Å². The Morgan fingerprint density at radius 3 is 1.81 bits per heavy atom. The number of rotatable bonds is 6. The Morgan fingerprint density at radius 2 is 1.25 bits per heavy atom. The molecule has 16 heavy (non-hydrogen) atoms. The first-order valence-electron chi connectivity index (χ1n) is 6.53. The predicted octanol–water partition coefficient (Wildman–Crippen LogP) is 4.71. The van der Waals surface area contributed by atoms with Gasteiger partial charge in [-0.25, -0.2) is 0 Å². The second kappa shape index (κ2) is 13.9. The fourth-order valence-electron chi connectivity index (χ4n) is 1.25. The maximum atomic E-state index is 3.14. The van der Waals surface area contributed by atoms with E-state index in [4.69, 9.17) is 0 Å². The third-order valence-corrected chi connectivity index (χ3v) is 2.26. The number of unbranched alkanes of at least 4 members (excludes halogenated alkanes) is 6. The van der Waals surface area contributed by atoms with Gasteiger partial charge in [0.05, 0.1) is 0 Å². The first kappa shape index (κ1) is 14.9. The van der Waals surface area contributed by atoms with Crippen LogP contribution in [0.5, 0.6) is 0 Å². The van der Waals surface area contributed by atoms with Gasteiger partial charge >= 0.3 is 0 Å². The van der Waals surface area contributed by atoms with Crippen molar-refractivity contribution in [2.75, 3.05) is 0 Å². The van der Waals surface area contributed by atoms with Crippen LogP contribution < -0.4 is 0 Å². The van der Waals surface area contributed by atoms with E-state index in [-0.39, 0.29) is 0 Å². The van der Waals surface area contributed by atoms with E-state index in [1.165, 1.54) is 38.5 Å². The second-order valence-corrected chi connectivity index (χ2v) is 3.89. The highest BCUT2D eigenvalue weighted by Crippen LogP contribution is 2.00. The Morgan fingerprint density at radius 1 is 0.688 bits per heavy atom. The smallest absolute Gasteiger partial charge is 0.00922 e. The van der Waals surface area contributed by atoms with Crippen LogP contribution in [0.4, 0.5) is 0 Å². The van der Waals surface area contributed by atoms with Gasteiger partial charge in [-0.05, 0) is 25.0 Å². The van der Waals surface area contributed by atoms with Gasteiger partial charge in [0, 0.05) is 12.8 Å². The Hall–Kier alpha value is -1.14. The molecule has 0 rings (SSSR count). The summed E-state index contributed by atoms with van der Waals surface area (Å²) >= 11 is 0. The highest BCUT2D eigenvalue weighted by molar-refractivity contribution is 5.24. The van der Waals surface area contributed by atoms with Crippen LogP contribution in [0.1, 0.15) is 65.2 Å². The van der Waals surface area contributed by atoms with Crippen molar-refractivity contribution >= 4 is 0 Å². The van der Waals surface area contributed by atoms with E-state index >= 15 is 0 Å². The molecule has 0 nitrogen and oxygen atoms in total. The van der Waals surface area contributed by atoms with E-state index in [1.54, 1.807) is 0 Å². The fourth-order valence-corrected chi connectivity index (χ4v) is 1.25. The zero-order valence-corrected chi connectivity index (χ0v) is 10.8. The second-order valence-electron chi connectivity index (χ2n) is 3.89. The van der Waals surface area contributed by atoms with Gasteiger partial charge < -0.3 is 0 Å². The Kier molecular flexibility index (Phi) is 12.9. The molecule has 0 aromatic rings. The molecule has 0 bridgehead atoms. The zero-order chi connectivity index (χ0) is 11.9. The SMILES string of the molecule is CCCCC#C/C=C/C#CCCCCCC. The molecule has 0 aliphatic heterocycles. The summed E-state index contributed by atoms with van der Waals surface area (Å²) < 4.78 is 0. The van der Waals surface area contributed by atoms with Gasteiger partial charge in [0.2, 0.25) is 0 Å². The molecule has 0 aromatic carbocycles. The largest absolute Gasteiger partial charge is 0.0985 e. The number of hydrogen-bond donors (Lipinski definition) is 0. The Bertz CT molecular complexity index is 275. The van der Waals surface area contributed by atoms with Crippen molar-refractivity contribution in [1.29, 1.82) is 0 Å². The van der Waals surface area contributed by atoms with Gasteiger partial charge in [-0.2, -0.15) is 0 Å². The lowest BCUT2D eigenvalue weighted by Crippen LogP contribution is -1.73. The minimum absolute atomic E-state index is 1.01. The van der Waals surface area contributed by atoms with Crippen molar-refractivity contribution in [3.8, 4) is 23.7 Å². The van der Waals surface area contributed by atoms with Crippen molar-refractivity contribution in [2.24, 2.45) is 0 Å². The maximum absolute atomic E-state index is 3.14. The van der Waals surface area contributed by atoms with Gasteiger partial charge in [-0.15, -0.1) is 0 Å². The molecular formula is C16H24. The molecule has 0 heteroatoms. The third-order valence-electron chi connectivity index (χ3n) is 2.26. The molecule has 0 amide bonds. The Balaban J connectivity index is 3.42. The van der Waals surface area contributed by atoms with Crippen LogP contribution in [0.2, 0.25) is 0 Å². The summed E-state index contributed by atoms with van der Waals surface area (Å²) in [6, 6.07) is 0. The molecule has 0 aliphatic carbocycles. The molecular weight excluding hydrogens is 192 g/mol. The van der Waals surface area contributed by atoms with E-state index in [0.29, 0.717) is 0 Å². The van der Waals surface area contributed by atoms with Crippen molar-refractivity contribution in [3.05, 3.63) is 12.2 Å². The molecule has 0 aromatic heterocycles. The summed E-state index contributed by atoms with van der Waals surface area (Å²) in [6.07, 6.45) is 13.3. The van der Waals surface area contributed by atoms with Crippen LogP contribution in [0, 0.1) is 23.7 Å². The first-order valence-corrected chi connectivity index (χ1v) is 6.53. The molecule has 0 radical (unpaired) electrons. The normalized spacial score (nSPS) is 9.38. The lowest BCUT2D eigenvalue weighted by atomic mass is 10.2. The highest BCUT2D eigenvalue weighted by Gasteiger charge is 1.82. The summed E-state index contributed by atoms with van der Waals surface area (Å²) in [6.45, 7) is 4.41. The van der Waals surface area contributed by atoms with Crippen LogP contribution in [-0.4, -0.2) is 0 Å². The summed E-state index contributed by atoms with van der Waals surface area (Å²) in [5.74, 6) is 12.3. The van der Waals surface area contributed by atoms with E-state index in [2.05, 4.69) is 37.5 Å². The quantitative estimate of drug-likeness (QED) is 0.445. The van der Waals surface area contributed by atoms with Crippen LogP contribution in [0.3, 0.4) is 0 Å². The number of allylic oxidation sites excluding steroid dienone is 2. The average molecular weight is 216 g/mol. The van der Waals surface area contributed by atoms with Gasteiger partial charge in [0.1, 0.15) is 0 Å². The Labute approximate surface area is 102 Å².